The van der Waals surface area contributed by atoms with Crippen LogP contribution in [0.4, 0.5) is 17.1 Å². The van der Waals surface area contributed by atoms with Crippen molar-refractivity contribution in [2.75, 3.05) is 4.90 Å². The molecule has 1 aliphatic rings. The van der Waals surface area contributed by atoms with Gasteiger partial charge in [-0.2, -0.15) is 0 Å². The third-order valence-electron chi connectivity index (χ3n) is 12.5. The molecule has 0 bridgehead atoms. The zero-order valence-electron chi connectivity index (χ0n) is 33.2. The number of nitrogens with zero attached hydrogens (tertiary/aromatic N) is 2. The molecule has 0 fully saturated rings. The van der Waals surface area contributed by atoms with Gasteiger partial charge in [0.15, 0.2) is 5.58 Å². The molecule has 0 saturated heterocycles. The SMILES string of the molecule is CC1(C)c2ccccc2-c2ccc(N(c3ccc(-c4ccccc4)cc3)c3c4ccccc4cc4oc5ccc(-c6ccc7nc(-c8ccccc8)oc7c6)cc5c34)cc21. The summed E-state index contributed by atoms with van der Waals surface area (Å²) in [5, 5.41) is 4.37. The maximum Gasteiger partial charge on any atom is 0.227 e. The average molecular weight is 771 g/mol. The van der Waals surface area contributed by atoms with Crippen molar-refractivity contribution in [3.63, 3.8) is 0 Å². The van der Waals surface area contributed by atoms with Crippen molar-refractivity contribution in [2.24, 2.45) is 0 Å². The molecule has 0 aliphatic heterocycles. The molecule has 4 nitrogen and oxygen atoms in total. The van der Waals surface area contributed by atoms with Gasteiger partial charge < -0.3 is 13.7 Å². The predicted octanol–water partition coefficient (Wildman–Crippen LogP) is 15.7. The van der Waals surface area contributed by atoms with Gasteiger partial charge in [-0.05, 0) is 117 Å². The van der Waals surface area contributed by atoms with Crippen LogP contribution in [-0.2, 0) is 5.41 Å². The summed E-state index contributed by atoms with van der Waals surface area (Å²) in [6.45, 7) is 4.69. The number of hydrogen-bond donors (Lipinski definition) is 0. The second kappa shape index (κ2) is 13.2. The van der Waals surface area contributed by atoms with E-state index in [1.165, 1.54) is 33.4 Å². The normalized spacial score (nSPS) is 13.0. The van der Waals surface area contributed by atoms with Crippen molar-refractivity contribution in [1.82, 2.24) is 4.98 Å². The van der Waals surface area contributed by atoms with Crippen LogP contribution < -0.4 is 4.90 Å². The molecule has 0 amide bonds. The molecule has 0 N–H and O–H groups in total. The zero-order chi connectivity index (χ0) is 40.0. The number of anilines is 3. The number of hydrogen-bond acceptors (Lipinski definition) is 4. The van der Waals surface area contributed by atoms with Crippen LogP contribution in [0.15, 0.2) is 203 Å². The van der Waals surface area contributed by atoms with Crippen LogP contribution in [0.1, 0.15) is 25.0 Å². The first-order valence-corrected chi connectivity index (χ1v) is 20.5. The molecule has 60 heavy (non-hydrogen) atoms. The summed E-state index contributed by atoms with van der Waals surface area (Å²) in [6.07, 6.45) is 0. The fraction of sp³-hybridized carbons (Fsp3) is 0.0536. The number of furan rings is 1. The van der Waals surface area contributed by atoms with E-state index >= 15 is 0 Å². The van der Waals surface area contributed by atoms with Crippen molar-refractivity contribution in [3.8, 4) is 44.8 Å². The smallest absolute Gasteiger partial charge is 0.227 e. The largest absolute Gasteiger partial charge is 0.456 e. The average Bonchev–Trinajstić information content (AvgIpc) is 3.96. The van der Waals surface area contributed by atoms with Gasteiger partial charge >= 0.3 is 0 Å². The topological polar surface area (TPSA) is 42.4 Å². The third-order valence-corrected chi connectivity index (χ3v) is 12.5. The van der Waals surface area contributed by atoms with Gasteiger partial charge in [-0.3, -0.25) is 0 Å². The lowest BCUT2D eigenvalue weighted by atomic mass is 9.82. The van der Waals surface area contributed by atoms with E-state index < -0.39 is 0 Å². The van der Waals surface area contributed by atoms with Gasteiger partial charge in [0.25, 0.3) is 0 Å². The Morgan fingerprint density at radius 1 is 0.433 bits per heavy atom. The molecular formula is C56H38N2O2. The monoisotopic (exact) mass is 770 g/mol. The molecule has 0 saturated carbocycles. The Morgan fingerprint density at radius 3 is 1.92 bits per heavy atom. The highest BCUT2D eigenvalue weighted by molar-refractivity contribution is 6.22. The van der Waals surface area contributed by atoms with Crippen molar-refractivity contribution in [2.45, 2.75) is 19.3 Å². The van der Waals surface area contributed by atoms with Crippen molar-refractivity contribution >= 4 is 60.9 Å². The highest BCUT2D eigenvalue weighted by Gasteiger charge is 2.36. The molecule has 0 unspecified atom stereocenters. The van der Waals surface area contributed by atoms with Gasteiger partial charge in [-0.15, -0.1) is 0 Å². The number of fused-ring (bicyclic) bond motifs is 8. The van der Waals surface area contributed by atoms with Crippen LogP contribution in [0.5, 0.6) is 0 Å². The van der Waals surface area contributed by atoms with Crippen LogP contribution in [-0.4, -0.2) is 4.98 Å². The van der Waals surface area contributed by atoms with E-state index in [1.54, 1.807) is 0 Å². The van der Waals surface area contributed by atoms with E-state index in [0.717, 1.165) is 77.6 Å². The summed E-state index contributed by atoms with van der Waals surface area (Å²) < 4.78 is 13.1. The summed E-state index contributed by atoms with van der Waals surface area (Å²) in [7, 11) is 0. The molecule has 12 rings (SSSR count). The molecule has 0 spiro atoms. The first kappa shape index (κ1) is 34.4. The summed E-state index contributed by atoms with van der Waals surface area (Å²) in [4.78, 5) is 7.25. The summed E-state index contributed by atoms with van der Waals surface area (Å²) in [5.74, 6) is 0.617. The van der Waals surface area contributed by atoms with Gasteiger partial charge in [-0.25, -0.2) is 4.98 Å². The Kier molecular flexibility index (Phi) is 7.54. The Morgan fingerprint density at radius 2 is 1.08 bits per heavy atom. The number of benzene rings is 9. The number of oxazole rings is 1. The predicted molar refractivity (Wildman–Crippen MR) is 247 cm³/mol. The third kappa shape index (κ3) is 5.34. The number of aromatic nitrogens is 1. The van der Waals surface area contributed by atoms with E-state index in [4.69, 9.17) is 13.8 Å². The lowest BCUT2D eigenvalue weighted by Crippen LogP contribution is -2.16. The molecule has 2 heterocycles. The van der Waals surface area contributed by atoms with Crippen molar-refractivity contribution in [3.05, 3.63) is 205 Å². The van der Waals surface area contributed by atoms with Gasteiger partial charge in [0.05, 0.1) is 11.1 Å². The second-order valence-electron chi connectivity index (χ2n) is 16.3. The lowest BCUT2D eigenvalue weighted by molar-refractivity contribution is 0.620. The molecular weight excluding hydrogens is 733 g/mol. The van der Waals surface area contributed by atoms with Crippen LogP contribution in [0, 0.1) is 0 Å². The maximum atomic E-state index is 6.81. The molecule has 0 radical (unpaired) electrons. The van der Waals surface area contributed by atoms with Gasteiger partial charge in [-0.1, -0.05) is 141 Å². The molecule has 4 heteroatoms. The lowest BCUT2D eigenvalue weighted by Gasteiger charge is -2.30. The molecule has 284 valence electrons. The highest BCUT2D eigenvalue weighted by atomic mass is 16.3. The Labute approximate surface area is 347 Å². The highest BCUT2D eigenvalue weighted by Crippen LogP contribution is 2.53. The van der Waals surface area contributed by atoms with Gasteiger partial charge in [0, 0.05) is 33.1 Å². The standard InChI is InChI=1S/C56H38N2O2/c1-56(2)47-20-12-11-19-44(47)45-28-27-42(34-48(45)56)58(41-25-21-36(22-26-41)35-13-5-3-6-14-35)54-43-18-10-9-17-40(43)33-52-53(54)46-31-38(24-30-50(46)59-52)39-23-29-49-51(32-39)60-55(57-49)37-15-7-4-8-16-37/h3-34H,1-2H3. The second-order valence-corrected chi connectivity index (χ2v) is 16.3. The van der Waals surface area contributed by atoms with E-state index in [2.05, 4.69) is 176 Å². The quantitative estimate of drug-likeness (QED) is 0.169. The first-order chi connectivity index (χ1) is 29.5. The zero-order valence-corrected chi connectivity index (χ0v) is 33.2. The molecule has 0 atom stereocenters. The maximum absolute atomic E-state index is 6.81. The van der Waals surface area contributed by atoms with E-state index in [-0.39, 0.29) is 5.41 Å². The van der Waals surface area contributed by atoms with Crippen molar-refractivity contribution in [1.29, 1.82) is 0 Å². The minimum Gasteiger partial charge on any atom is -0.456 e. The molecule has 9 aromatic carbocycles. The summed E-state index contributed by atoms with van der Waals surface area (Å²) in [5.41, 5.74) is 17.0. The Balaban J connectivity index is 1.09. The molecule has 1 aliphatic carbocycles. The van der Waals surface area contributed by atoms with Crippen molar-refractivity contribution < 1.29 is 8.83 Å². The van der Waals surface area contributed by atoms with E-state index in [9.17, 15) is 0 Å². The first-order valence-electron chi connectivity index (χ1n) is 20.5. The molecule has 11 aromatic rings. The van der Waals surface area contributed by atoms with E-state index in [1.807, 2.05) is 36.4 Å². The fourth-order valence-electron chi connectivity index (χ4n) is 9.47. The Hall–Kier alpha value is -7.69. The minimum atomic E-state index is -0.164. The van der Waals surface area contributed by atoms with Gasteiger partial charge in [0.1, 0.15) is 16.7 Å². The minimum absolute atomic E-state index is 0.164. The number of rotatable bonds is 6. The van der Waals surface area contributed by atoms with Crippen LogP contribution in [0.2, 0.25) is 0 Å². The summed E-state index contributed by atoms with van der Waals surface area (Å²) >= 11 is 0. The van der Waals surface area contributed by atoms with Crippen LogP contribution >= 0.6 is 0 Å². The Bertz CT molecular complexity index is 3450. The van der Waals surface area contributed by atoms with E-state index in [0.29, 0.717) is 5.89 Å². The van der Waals surface area contributed by atoms with Gasteiger partial charge in [0.2, 0.25) is 5.89 Å². The fourth-order valence-corrected chi connectivity index (χ4v) is 9.47. The van der Waals surface area contributed by atoms with Crippen LogP contribution in [0.3, 0.4) is 0 Å². The van der Waals surface area contributed by atoms with Crippen LogP contribution in [0.25, 0.3) is 88.6 Å². The summed E-state index contributed by atoms with van der Waals surface area (Å²) in [6, 6.07) is 69.1. The molecule has 2 aromatic heterocycles.